The van der Waals surface area contributed by atoms with E-state index in [4.69, 9.17) is 5.53 Å². The van der Waals surface area contributed by atoms with E-state index in [2.05, 4.69) is 22.2 Å². The second-order valence-corrected chi connectivity index (χ2v) is 4.68. The number of fused-ring (bicyclic) bond motifs is 3. The third-order valence-electron chi connectivity index (χ3n) is 3.52. The van der Waals surface area contributed by atoms with Crippen LogP contribution in [0.5, 0.6) is 0 Å². The summed E-state index contributed by atoms with van der Waals surface area (Å²) in [5, 5.41) is 13.3. The van der Waals surface area contributed by atoms with Gasteiger partial charge in [-0.15, -0.1) is 0 Å². The summed E-state index contributed by atoms with van der Waals surface area (Å²) in [7, 11) is 0. The summed E-state index contributed by atoms with van der Waals surface area (Å²) in [5.74, 6) is 0. The molecule has 2 aromatic carbocycles. The topological polar surface area (TPSA) is 69.0 Å². The summed E-state index contributed by atoms with van der Waals surface area (Å²) in [5.41, 5.74) is 14.1. The molecule has 0 spiro atoms. The van der Waals surface area contributed by atoms with Crippen molar-refractivity contribution >= 4 is 0 Å². The van der Waals surface area contributed by atoms with Crippen LogP contribution in [0.25, 0.3) is 21.6 Å². The van der Waals surface area contributed by atoms with E-state index in [0.29, 0.717) is 0 Å². The first-order chi connectivity index (χ1) is 9.29. The lowest BCUT2D eigenvalue weighted by molar-refractivity contribution is 0.186. The third kappa shape index (κ3) is 2.08. The number of hydrogen-bond donors (Lipinski definition) is 1. The maximum absolute atomic E-state index is 9.93. The van der Waals surface area contributed by atoms with Gasteiger partial charge >= 0.3 is 0 Å². The summed E-state index contributed by atoms with van der Waals surface area (Å²) >= 11 is 0. The lowest BCUT2D eigenvalue weighted by atomic mass is 10.0. The van der Waals surface area contributed by atoms with Crippen LogP contribution in [-0.4, -0.2) is 11.7 Å². The van der Waals surface area contributed by atoms with Gasteiger partial charge in [-0.3, -0.25) is 0 Å². The maximum atomic E-state index is 9.93. The van der Waals surface area contributed by atoms with Gasteiger partial charge in [0.05, 0.1) is 12.6 Å². The molecule has 0 fully saturated rings. The number of benzene rings is 2. The van der Waals surface area contributed by atoms with Crippen molar-refractivity contribution in [2.24, 2.45) is 5.11 Å². The van der Waals surface area contributed by atoms with Crippen LogP contribution in [0.1, 0.15) is 22.8 Å². The number of aliphatic hydroxyl groups is 1. The Morgan fingerprint density at radius 3 is 2.79 bits per heavy atom. The van der Waals surface area contributed by atoms with Gasteiger partial charge in [0.2, 0.25) is 0 Å². The quantitative estimate of drug-likeness (QED) is 0.431. The molecule has 19 heavy (non-hydrogen) atoms. The first kappa shape index (κ1) is 11.8. The van der Waals surface area contributed by atoms with Gasteiger partial charge in [0.1, 0.15) is 0 Å². The van der Waals surface area contributed by atoms with Crippen LogP contribution in [-0.2, 0) is 6.42 Å². The first-order valence-electron chi connectivity index (χ1n) is 6.19. The normalized spacial score (nSPS) is 13.3. The standard InChI is InChI=1S/C15H13N3O/c16-18-17-9-15(19)11-5-6-14-12(8-11)7-10-3-1-2-4-13(10)14/h1-6,8,15,19H,7,9H2. The van der Waals surface area contributed by atoms with E-state index in [1.54, 1.807) is 0 Å². The number of nitrogens with zero attached hydrogens (tertiary/aromatic N) is 3. The highest BCUT2D eigenvalue weighted by molar-refractivity contribution is 5.76. The van der Waals surface area contributed by atoms with Crippen LogP contribution in [0.15, 0.2) is 47.6 Å². The van der Waals surface area contributed by atoms with Gasteiger partial charge in [-0.25, -0.2) is 0 Å². The van der Waals surface area contributed by atoms with Crippen LogP contribution < -0.4 is 0 Å². The fraction of sp³-hybridized carbons (Fsp3) is 0.200. The molecule has 1 aliphatic rings. The Labute approximate surface area is 111 Å². The highest BCUT2D eigenvalue weighted by atomic mass is 16.3. The second kappa shape index (κ2) is 4.76. The van der Waals surface area contributed by atoms with Gasteiger partial charge in [-0.05, 0) is 39.8 Å². The van der Waals surface area contributed by atoms with Gasteiger partial charge in [0.15, 0.2) is 0 Å². The molecule has 1 N–H and O–H groups in total. The summed E-state index contributed by atoms with van der Waals surface area (Å²) in [6, 6.07) is 14.3. The molecular weight excluding hydrogens is 238 g/mol. The lowest BCUT2D eigenvalue weighted by Crippen LogP contribution is -2.01. The Hall–Kier alpha value is -2.29. The highest BCUT2D eigenvalue weighted by Crippen LogP contribution is 2.37. The van der Waals surface area contributed by atoms with Gasteiger partial charge in [0.25, 0.3) is 0 Å². The average molecular weight is 251 g/mol. The third-order valence-corrected chi connectivity index (χ3v) is 3.52. The molecule has 0 heterocycles. The van der Waals surface area contributed by atoms with Gasteiger partial charge < -0.3 is 5.11 Å². The Kier molecular flexibility index (Phi) is 2.95. The minimum Gasteiger partial charge on any atom is -0.388 e. The van der Waals surface area contributed by atoms with Crippen molar-refractivity contribution in [3.05, 3.63) is 69.6 Å². The van der Waals surface area contributed by atoms with E-state index in [1.165, 1.54) is 22.3 Å². The zero-order chi connectivity index (χ0) is 13.2. The zero-order valence-corrected chi connectivity index (χ0v) is 10.3. The fourth-order valence-electron chi connectivity index (χ4n) is 2.59. The summed E-state index contributed by atoms with van der Waals surface area (Å²) in [6.07, 6.45) is 0.165. The number of hydrogen-bond acceptors (Lipinski definition) is 2. The first-order valence-corrected chi connectivity index (χ1v) is 6.19. The predicted molar refractivity (Wildman–Crippen MR) is 73.7 cm³/mol. The number of rotatable bonds is 3. The lowest BCUT2D eigenvalue weighted by Gasteiger charge is -2.10. The smallest absolute Gasteiger partial charge is 0.0846 e. The Morgan fingerprint density at radius 2 is 1.95 bits per heavy atom. The van der Waals surface area contributed by atoms with Gasteiger partial charge in [-0.2, -0.15) is 0 Å². The Balaban J connectivity index is 1.95. The van der Waals surface area contributed by atoms with Crippen molar-refractivity contribution in [3.8, 4) is 11.1 Å². The van der Waals surface area contributed by atoms with Crippen molar-refractivity contribution < 1.29 is 5.11 Å². The summed E-state index contributed by atoms with van der Waals surface area (Å²) in [4.78, 5) is 2.67. The molecule has 1 unspecified atom stereocenters. The fourth-order valence-corrected chi connectivity index (χ4v) is 2.59. The Morgan fingerprint density at radius 1 is 1.16 bits per heavy atom. The van der Waals surface area contributed by atoms with E-state index in [-0.39, 0.29) is 6.54 Å². The summed E-state index contributed by atoms with van der Waals surface area (Å²) < 4.78 is 0. The molecule has 0 saturated heterocycles. The second-order valence-electron chi connectivity index (χ2n) is 4.68. The Bertz CT molecular complexity index is 675. The molecule has 0 aromatic heterocycles. The molecule has 0 bridgehead atoms. The maximum Gasteiger partial charge on any atom is 0.0846 e. The predicted octanol–water partition coefficient (Wildman–Crippen LogP) is 3.60. The minimum absolute atomic E-state index is 0.0717. The van der Waals surface area contributed by atoms with E-state index in [9.17, 15) is 5.11 Å². The SMILES string of the molecule is [N-]=[N+]=NCC(O)c1ccc2c(c1)Cc1ccccc1-2. The molecule has 1 aliphatic carbocycles. The van der Waals surface area contributed by atoms with Gasteiger partial charge in [0, 0.05) is 4.91 Å². The number of aliphatic hydroxyl groups excluding tert-OH is 1. The molecule has 0 saturated carbocycles. The molecule has 3 rings (SSSR count). The zero-order valence-electron chi connectivity index (χ0n) is 10.3. The molecule has 4 nitrogen and oxygen atoms in total. The highest BCUT2D eigenvalue weighted by Gasteiger charge is 2.19. The molecule has 0 amide bonds. The van der Waals surface area contributed by atoms with Crippen LogP contribution in [0.3, 0.4) is 0 Å². The van der Waals surface area contributed by atoms with Crippen LogP contribution in [0.2, 0.25) is 0 Å². The van der Waals surface area contributed by atoms with Crippen LogP contribution >= 0.6 is 0 Å². The molecule has 0 aliphatic heterocycles. The summed E-state index contributed by atoms with van der Waals surface area (Å²) in [6.45, 7) is 0.0717. The minimum atomic E-state index is -0.732. The van der Waals surface area contributed by atoms with E-state index < -0.39 is 6.10 Å². The van der Waals surface area contributed by atoms with E-state index in [0.717, 1.165) is 12.0 Å². The molecule has 4 heteroatoms. The van der Waals surface area contributed by atoms with E-state index >= 15 is 0 Å². The average Bonchev–Trinajstić information content (AvgIpc) is 2.82. The van der Waals surface area contributed by atoms with Gasteiger partial charge in [-0.1, -0.05) is 47.6 Å². The monoisotopic (exact) mass is 251 g/mol. The van der Waals surface area contributed by atoms with Crippen molar-refractivity contribution in [3.63, 3.8) is 0 Å². The number of azide groups is 1. The van der Waals surface area contributed by atoms with Crippen molar-refractivity contribution in [2.75, 3.05) is 6.54 Å². The molecule has 1 atom stereocenters. The van der Waals surface area contributed by atoms with E-state index in [1.807, 2.05) is 30.3 Å². The molecular formula is C15H13N3O. The van der Waals surface area contributed by atoms with Crippen LogP contribution in [0.4, 0.5) is 0 Å². The molecule has 2 aromatic rings. The van der Waals surface area contributed by atoms with Crippen molar-refractivity contribution in [2.45, 2.75) is 12.5 Å². The molecule has 94 valence electrons. The molecule has 0 radical (unpaired) electrons. The largest absolute Gasteiger partial charge is 0.388 e. The van der Waals surface area contributed by atoms with Crippen molar-refractivity contribution in [1.82, 2.24) is 0 Å². The van der Waals surface area contributed by atoms with Crippen molar-refractivity contribution in [1.29, 1.82) is 0 Å². The van der Waals surface area contributed by atoms with Crippen LogP contribution in [0, 0.1) is 0 Å².